The maximum absolute atomic E-state index is 11.7. The molecule has 2 aliphatic rings. The molecule has 33 heavy (non-hydrogen) atoms. The van der Waals surface area contributed by atoms with Gasteiger partial charge in [-0.25, -0.2) is 4.98 Å². The van der Waals surface area contributed by atoms with E-state index in [2.05, 4.69) is 29.4 Å². The van der Waals surface area contributed by atoms with E-state index < -0.39 is 0 Å². The number of nitrogens with one attached hydrogen (secondary N) is 1. The Morgan fingerprint density at radius 2 is 2.06 bits per heavy atom. The van der Waals surface area contributed by atoms with Crippen LogP contribution in [0.3, 0.4) is 0 Å². The monoisotopic (exact) mass is 469 g/mol. The summed E-state index contributed by atoms with van der Waals surface area (Å²) in [5.74, 6) is 0.957. The Hall–Kier alpha value is -2.72. The van der Waals surface area contributed by atoms with Crippen molar-refractivity contribution in [3.05, 3.63) is 22.8 Å². The third kappa shape index (κ3) is 4.54. The molecule has 0 spiro atoms. The highest BCUT2D eigenvalue weighted by molar-refractivity contribution is 7.19. The molecular weight excluding hydrogens is 438 g/mol. The van der Waals surface area contributed by atoms with Crippen molar-refractivity contribution in [1.29, 1.82) is 0 Å². The van der Waals surface area contributed by atoms with Gasteiger partial charge in [-0.3, -0.25) is 9.48 Å². The number of amides is 1. The van der Waals surface area contributed by atoms with Gasteiger partial charge in [-0.2, -0.15) is 10.1 Å². The van der Waals surface area contributed by atoms with Crippen LogP contribution in [0.4, 0.5) is 11.6 Å². The quantitative estimate of drug-likeness (QED) is 0.546. The predicted molar refractivity (Wildman–Crippen MR) is 129 cm³/mol. The summed E-state index contributed by atoms with van der Waals surface area (Å²) in [7, 11) is 6.16. The van der Waals surface area contributed by atoms with E-state index in [1.807, 2.05) is 13.2 Å². The van der Waals surface area contributed by atoms with Crippen molar-refractivity contribution in [2.24, 2.45) is 12.8 Å². The molecule has 1 atom stereocenters. The van der Waals surface area contributed by atoms with Crippen LogP contribution in [0.15, 0.2) is 12.4 Å². The second-order valence-corrected chi connectivity index (χ2v) is 10.5. The number of aryl methyl sites for hydroxylation is 2. The van der Waals surface area contributed by atoms with E-state index in [-0.39, 0.29) is 17.9 Å². The number of nitrogens with zero attached hydrogens (tertiary/aromatic N) is 5. The first kappa shape index (κ1) is 22.1. The fourth-order valence-corrected chi connectivity index (χ4v) is 6.41. The lowest BCUT2D eigenvalue weighted by atomic mass is 9.92. The third-order valence-corrected chi connectivity index (χ3v) is 7.98. The van der Waals surface area contributed by atoms with Gasteiger partial charge in [-0.1, -0.05) is 0 Å². The Labute approximate surface area is 197 Å². The van der Waals surface area contributed by atoms with Crippen LogP contribution in [0.2, 0.25) is 0 Å². The van der Waals surface area contributed by atoms with E-state index in [9.17, 15) is 4.79 Å². The zero-order valence-electron chi connectivity index (χ0n) is 19.4. The van der Waals surface area contributed by atoms with Crippen LogP contribution in [0.5, 0.6) is 5.88 Å². The number of anilines is 2. The number of carbonyl (C=O) groups excluding carboxylic acids is 1. The second-order valence-electron chi connectivity index (χ2n) is 9.42. The first-order valence-corrected chi connectivity index (χ1v) is 12.4. The molecule has 1 saturated carbocycles. The lowest BCUT2D eigenvalue weighted by Gasteiger charge is -2.32. The SMILES string of the molecule is CN(C)C1CCC(Oc2nc(Nc3cnn(C)c3)nc3sc4c(c23)[C@@H](CC(N)=O)CC4)CC1. The van der Waals surface area contributed by atoms with Crippen LogP contribution in [0.25, 0.3) is 10.2 Å². The molecule has 3 aromatic rings. The standard InChI is InChI=1S/C23H31N7O2S/c1-29(2)15-5-7-16(8-6-15)32-21-20-19-13(10-18(24)31)4-9-17(19)33-22(20)28-23(27-21)26-14-11-25-30(3)12-14/h11-13,15-16H,4-10H2,1-3H3,(H2,24,31)(H,26,27,28)/t13-,15?,16?/m1/s1. The number of primary amides is 1. The molecule has 176 valence electrons. The lowest BCUT2D eigenvalue weighted by molar-refractivity contribution is -0.118. The molecule has 1 amide bonds. The largest absolute Gasteiger partial charge is 0.474 e. The van der Waals surface area contributed by atoms with Crippen molar-refractivity contribution in [1.82, 2.24) is 24.6 Å². The van der Waals surface area contributed by atoms with Crippen LogP contribution < -0.4 is 15.8 Å². The molecule has 10 heteroatoms. The maximum Gasteiger partial charge on any atom is 0.232 e. The number of fused-ring (bicyclic) bond motifs is 3. The van der Waals surface area contributed by atoms with Gasteiger partial charge in [0.2, 0.25) is 17.7 Å². The van der Waals surface area contributed by atoms with Crippen LogP contribution in [0, 0.1) is 0 Å². The van der Waals surface area contributed by atoms with Crippen LogP contribution in [-0.4, -0.2) is 56.8 Å². The molecule has 9 nitrogen and oxygen atoms in total. The Bertz CT molecular complexity index is 1160. The van der Waals surface area contributed by atoms with Crippen molar-refractivity contribution >= 4 is 39.1 Å². The summed E-state index contributed by atoms with van der Waals surface area (Å²) < 4.78 is 8.31. The van der Waals surface area contributed by atoms with Crippen molar-refractivity contribution in [3.8, 4) is 5.88 Å². The summed E-state index contributed by atoms with van der Waals surface area (Å²) in [4.78, 5) is 25.8. The van der Waals surface area contributed by atoms with Gasteiger partial charge in [0.25, 0.3) is 0 Å². The van der Waals surface area contributed by atoms with Crippen molar-refractivity contribution in [2.45, 2.75) is 63.0 Å². The first-order chi connectivity index (χ1) is 15.9. The van der Waals surface area contributed by atoms with Gasteiger partial charge >= 0.3 is 0 Å². The molecule has 0 bridgehead atoms. The zero-order chi connectivity index (χ0) is 23.1. The molecule has 0 saturated heterocycles. The average molecular weight is 470 g/mol. The van der Waals surface area contributed by atoms with Crippen molar-refractivity contribution in [3.63, 3.8) is 0 Å². The summed E-state index contributed by atoms with van der Waals surface area (Å²) in [6.07, 6.45) is 10.2. The molecular formula is C23H31N7O2S. The molecule has 5 rings (SSSR count). The minimum atomic E-state index is -0.271. The third-order valence-electron chi connectivity index (χ3n) is 6.82. The van der Waals surface area contributed by atoms with E-state index in [1.54, 1.807) is 22.2 Å². The van der Waals surface area contributed by atoms with Crippen molar-refractivity contribution in [2.75, 3.05) is 19.4 Å². The average Bonchev–Trinajstić information content (AvgIpc) is 3.44. The zero-order valence-corrected chi connectivity index (χ0v) is 20.2. The minimum absolute atomic E-state index is 0.110. The smallest absolute Gasteiger partial charge is 0.232 e. The van der Waals surface area contributed by atoms with Gasteiger partial charge in [-0.15, -0.1) is 11.3 Å². The van der Waals surface area contributed by atoms with E-state index in [0.717, 1.165) is 54.4 Å². The molecule has 1 fully saturated rings. The Morgan fingerprint density at radius 3 is 2.73 bits per heavy atom. The van der Waals surface area contributed by atoms with Crippen LogP contribution >= 0.6 is 11.3 Å². The van der Waals surface area contributed by atoms with Gasteiger partial charge in [0.1, 0.15) is 10.9 Å². The maximum atomic E-state index is 11.7. The Morgan fingerprint density at radius 1 is 1.27 bits per heavy atom. The molecule has 0 aromatic carbocycles. The first-order valence-electron chi connectivity index (χ1n) is 11.6. The molecule has 0 aliphatic heterocycles. The fourth-order valence-electron chi connectivity index (χ4n) is 5.14. The van der Waals surface area contributed by atoms with E-state index >= 15 is 0 Å². The Kier molecular flexibility index (Phi) is 5.96. The van der Waals surface area contributed by atoms with Gasteiger partial charge < -0.3 is 20.7 Å². The summed E-state index contributed by atoms with van der Waals surface area (Å²) in [5.41, 5.74) is 7.55. The highest BCUT2D eigenvalue weighted by atomic mass is 32.1. The normalized spacial score (nSPS) is 22.6. The van der Waals surface area contributed by atoms with E-state index in [0.29, 0.717) is 24.3 Å². The minimum Gasteiger partial charge on any atom is -0.474 e. The highest BCUT2D eigenvalue weighted by Gasteiger charge is 2.33. The molecule has 0 radical (unpaired) electrons. The number of carbonyl (C=O) groups is 1. The van der Waals surface area contributed by atoms with Gasteiger partial charge in [0, 0.05) is 30.6 Å². The number of rotatable bonds is 7. The summed E-state index contributed by atoms with van der Waals surface area (Å²) in [6.45, 7) is 0. The predicted octanol–water partition coefficient (Wildman–Crippen LogP) is 3.33. The Balaban J connectivity index is 1.50. The number of thiophene rings is 1. The van der Waals surface area contributed by atoms with Gasteiger partial charge in [-0.05, 0) is 64.1 Å². The van der Waals surface area contributed by atoms with Gasteiger partial charge in [0.05, 0.1) is 17.3 Å². The number of ether oxygens (including phenoxy) is 1. The van der Waals surface area contributed by atoms with E-state index in [4.69, 9.17) is 20.4 Å². The number of hydrogen-bond donors (Lipinski definition) is 2. The molecule has 3 aromatic heterocycles. The number of aromatic nitrogens is 4. The molecule has 3 heterocycles. The van der Waals surface area contributed by atoms with E-state index in [1.165, 1.54) is 10.4 Å². The number of hydrogen-bond acceptors (Lipinski definition) is 8. The van der Waals surface area contributed by atoms with Crippen LogP contribution in [-0.2, 0) is 18.3 Å². The summed E-state index contributed by atoms with van der Waals surface area (Å²) in [5, 5.41) is 8.44. The summed E-state index contributed by atoms with van der Waals surface area (Å²) in [6, 6.07) is 0.600. The number of nitrogens with two attached hydrogens (primary N) is 1. The van der Waals surface area contributed by atoms with Gasteiger partial charge in [0.15, 0.2) is 0 Å². The second kappa shape index (κ2) is 8.90. The lowest BCUT2D eigenvalue weighted by Crippen LogP contribution is -2.35. The molecule has 0 unspecified atom stereocenters. The van der Waals surface area contributed by atoms with Crippen LogP contribution in [0.1, 0.15) is 54.9 Å². The van der Waals surface area contributed by atoms with Crippen molar-refractivity contribution < 1.29 is 9.53 Å². The highest BCUT2D eigenvalue weighted by Crippen LogP contribution is 2.48. The fraction of sp³-hybridized carbons (Fsp3) is 0.565. The summed E-state index contributed by atoms with van der Waals surface area (Å²) >= 11 is 1.68. The molecule has 3 N–H and O–H groups in total. The topological polar surface area (TPSA) is 111 Å². The molecule has 2 aliphatic carbocycles.